The van der Waals surface area contributed by atoms with Crippen LogP contribution in [-0.4, -0.2) is 37.0 Å². The van der Waals surface area contributed by atoms with Crippen molar-refractivity contribution >= 4 is 27.4 Å². The van der Waals surface area contributed by atoms with Crippen molar-refractivity contribution in [2.75, 3.05) is 12.9 Å². The van der Waals surface area contributed by atoms with E-state index in [2.05, 4.69) is 5.10 Å². The van der Waals surface area contributed by atoms with Gasteiger partial charge in [-0.2, -0.15) is 5.10 Å². The number of esters is 1. The van der Waals surface area contributed by atoms with E-state index in [4.69, 9.17) is 16.3 Å². The predicted molar refractivity (Wildman–Crippen MR) is 67.4 cm³/mol. The third-order valence-electron chi connectivity index (χ3n) is 2.62. The number of ether oxygens (including phenoxy) is 1. The molecule has 1 rings (SSSR count). The Hall–Kier alpha value is -1.08. The van der Waals surface area contributed by atoms with Crippen LogP contribution < -0.4 is 0 Å². The van der Waals surface area contributed by atoms with Gasteiger partial charge < -0.3 is 4.74 Å². The summed E-state index contributed by atoms with van der Waals surface area (Å²) in [6, 6.07) is 0. The number of hydrogen-bond acceptors (Lipinski definition) is 5. The molecule has 0 bridgehead atoms. The first-order valence-corrected chi connectivity index (χ1v) is 7.50. The molecular formula is C10H15ClN2O4S. The van der Waals surface area contributed by atoms with E-state index in [1.807, 2.05) is 0 Å². The fourth-order valence-corrected chi connectivity index (χ4v) is 1.79. The van der Waals surface area contributed by atoms with Crippen molar-refractivity contribution < 1.29 is 17.9 Å². The van der Waals surface area contributed by atoms with E-state index in [0.29, 0.717) is 0 Å². The summed E-state index contributed by atoms with van der Waals surface area (Å²) in [7, 11) is -3.41. The van der Waals surface area contributed by atoms with Gasteiger partial charge in [0, 0.05) is 12.5 Å². The second-order valence-corrected chi connectivity index (χ2v) is 7.12. The lowest BCUT2D eigenvalue weighted by Gasteiger charge is -2.22. The molecule has 1 heterocycles. The average molecular weight is 295 g/mol. The zero-order valence-electron chi connectivity index (χ0n) is 10.6. The Kier molecular flexibility index (Phi) is 4.07. The fraction of sp³-hybridized carbons (Fsp3) is 0.600. The minimum Gasteiger partial charge on any atom is -0.462 e. The summed E-state index contributed by atoms with van der Waals surface area (Å²) in [4.78, 5) is 10.3. The molecule has 0 saturated heterocycles. The van der Waals surface area contributed by atoms with E-state index in [1.54, 1.807) is 6.92 Å². The normalized spacial score (nSPS) is 12.5. The van der Waals surface area contributed by atoms with E-state index in [1.165, 1.54) is 20.0 Å². The smallest absolute Gasteiger partial charge is 0.342 e. The summed E-state index contributed by atoms with van der Waals surface area (Å²) >= 11 is 5.80. The van der Waals surface area contributed by atoms with E-state index in [-0.39, 0.29) is 17.3 Å². The highest BCUT2D eigenvalue weighted by Gasteiger charge is 2.34. The summed E-state index contributed by atoms with van der Waals surface area (Å²) < 4.78 is 29.2. The Morgan fingerprint density at radius 2 is 2.11 bits per heavy atom. The molecule has 102 valence electrons. The molecule has 1 aromatic rings. The van der Waals surface area contributed by atoms with Gasteiger partial charge in [0.1, 0.15) is 5.56 Å². The molecule has 0 aliphatic carbocycles. The zero-order chi connectivity index (χ0) is 14.1. The van der Waals surface area contributed by atoms with Gasteiger partial charge in [0.25, 0.3) is 0 Å². The van der Waals surface area contributed by atoms with Gasteiger partial charge in [-0.1, -0.05) is 11.6 Å². The molecule has 0 saturated carbocycles. The van der Waals surface area contributed by atoms with Crippen molar-refractivity contribution in [1.82, 2.24) is 9.78 Å². The van der Waals surface area contributed by atoms with E-state index in [9.17, 15) is 13.2 Å². The van der Waals surface area contributed by atoms with Gasteiger partial charge in [0.05, 0.1) is 6.61 Å². The molecule has 0 aliphatic heterocycles. The quantitative estimate of drug-likeness (QED) is 0.785. The van der Waals surface area contributed by atoms with Crippen molar-refractivity contribution in [2.45, 2.75) is 25.6 Å². The molecule has 0 atom stereocenters. The molecule has 6 nitrogen and oxygen atoms in total. The van der Waals surface area contributed by atoms with Gasteiger partial charge in [-0.3, -0.25) is 0 Å². The van der Waals surface area contributed by atoms with Crippen LogP contribution in [0.2, 0.25) is 5.15 Å². The Labute approximate surface area is 111 Å². The molecular weight excluding hydrogens is 280 g/mol. The van der Waals surface area contributed by atoms with Crippen molar-refractivity contribution in [3.63, 3.8) is 0 Å². The molecule has 0 unspecified atom stereocenters. The number of nitrogens with zero attached hydrogens (tertiary/aromatic N) is 2. The Balaban J connectivity index is 3.24. The Bertz CT molecular complexity index is 562. The topological polar surface area (TPSA) is 78.3 Å². The molecule has 0 amide bonds. The SMILES string of the molecule is CCOC(=O)c1cn(C(C)(C)S(C)(=O)=O)nc1Cl. The van der Waals surface area contributed by atoms with Gasteiger partial charge in [-0.15, -0.1) is 0 Å². The molecule has 0 fully saturated rings. The minimum atomic E-state index is -3.41. The predicted octanol–water partition coefficient (Wildman–Crippen LogP) is 1.45. The summed E-state index contributed by atoms with van der Waals surface area (Å²) in [5.74, 6) is -0.627. The Morgan fingerprint density at radius 1 is 1.56 bits per heavy atom. The highest BCUT2D eigenvalue weighted by atomic mass is 35.5. The number of carbonyl (C=O) groups is 1. The summed E-state index contributed by atoms with van der Waals surface area (Å²) in [5, 5.41) is 3.78. The first-order chi connectivity index (χ1) is 8.11. The molecule has 8 heteroatoms. The Morgan fingerprint density at radius 3 is 2.56 bits per heavy atom. The molecule has 0 N–H and O–H groups in total. The van der Waals surface area contributed by atoms with Crippen LogP contribution in [0.1, 0.15) is 31.1 Å². The second-order valence-electron chi connectivity index (χ2n) is 4.22. The standard InChI is InChI=1S/C10H15ClN2O4S/c1-5-17-9(14)7-6-13(12-8(7)11)10(2,3)18(4,15)16/h6H,5H2,1-4H3. The van der Waals surface area contributed by atoms with Crippen molar-refractivity contribution in [1.29, 1.82) is 0 Å². The van der Waals surface area contributed by atoms with Gasteiger partial charge in [-0.25, -0.2) is 17.9 Å². The largest absolute Gasteiger partial charge is 0.462 e. The maximum absolute atomic E-state index is 11.6. The minimum absolute atomic E-state index is 0.0511. The second kappa shape index (κ2) is 4.89. The van der Waals surface area contributed by atoms with Crippen LogP contribution in [0.3, 0.4) is 0 Å². The molecule has 0 aliphatic rings. The third-order valence-corrected chi connectivity index (χ3v) is 4.90. The van der Waals surface area contributed by atoms with E-state index in [0.717, 1.165) is 10.9 Å². The fourth-order valence-electron chi connectivity index (χ4n) is 1.14. The van der Waals surface area contributed by atoms with Gasteiger partial charge in [0.2, 0.25) is 0 Å². The molecule has 0 radical (unpaired) electrons. The monoisotopic (exact) mass is 294 g/mol. The highest BCUT2D eigenvalue weighted by Crippen LogP contribution is 2.25. The summed E-state index contributed by atoms with van der Waals surface area (Å²) in [6.45, 7) is 4.81. The van der Waals surface area contributed by atoms with E-state index >= 15 is 0 Å². The lowest BCUT2D eigenvalue weighted by atomic mass is 10.3. The number of sulfone groups is 1. The number of aromatic nitrogens is 2. The first-order valence-electron chi connectivity index (χ1n) is 5.23. The number of halogens is 1. The third kappa shape index (κ3) is 2.67. The lowest BCUT2D eigenvalue weighted by molar-refractivity contribution is 0.0526. The van der Waals surface area contributed by atoms with Crippen molar-refractivity contribution in [2.24, 2.45) is 0 Å². The van der Waals surface area contributed by atoms with Crippen molar-refractivity contribution in [3.8, 4) is 0 Å². The van der Waals surface area contributed by atoms with Gasteiger partial charge >= 0.3 is 5.97 Å². The van der Waals surface area contributed by atoms with Gasteiger partial charge in [0.15, 0.2) is 19.9 Å². The molecule has 1 aromatic heterocycles. The molecule has 18 heavy (non-hydrogen) atoms. The van der Waals surface area contributed by atoms with Crippen molar-refractivity contribution in [3.05, 3.63) is 16.9 Å². The highest BCUT2D eigenvalue weighted by molar-refractivity contribution is 7.91. The maximum Gasteiger partial charge on any atom is 0.342 e. The van der Waals surface area contributed by atoms with Crippen LogP contribution in [0.4, 0.5) is 0 Å². The van der Waals surface area contributed by atoms with Crippen LogP contribution in [0, 0.1) is 0 Å². The maximum atomic E-state index is 11.6. The first kappa shape index (κ1) is 15.0. The molecule has 0 aromatic carbocycles. The van der Waals surface area contributed by atoms with Crippen LogP contribution >= 0.6 is 11.6 Å². The summed E-state index contributed by atoms with van der Waals surface area (Å²) in [5.41, 5.74) is 0.0511. The van der Waals surface area contributed by atoms with Gasteiger partial charge in [-0.05, 0) is 20.8 Å². The molecule has 0 spiro atoms. The number of rotatable bonds is 4. The van der Waals surface area contributed by atoms with E-state index < -0.39 is 20.7 Å². The summed E-state index contributed by atoms with van der Waals surface area (Å²) in [6.07, 6.45) is 2.37. The zero-order valence-corrected chi connectivity index (χ0v) is 12.2. The average Bonchev–Trinajstić information content (AvgIpc) is 2.59. The van der Waals surface area contributed by atoms with Crippen LogP contribution in [0.5, 0.6) is 0 Å². The van der Waals surface area contributed by atoms with Crippen LogP contribution in [0.25, 0.3) is 0 Å². The van der Waals surface area contributed by atoms with Crippen LogP contribution in [-0.2, 0) is 19.4 Å². The number of carbonyl (C=O) groups excluding carboxylic acids is 1. The number of hydrogen-bond donors (Lipinski definition) is 0. The lowest BCUT2D eigenvalue weighted by Crippen LogP contribution is -2.35. The van der Waals surface area contributed by atoms with Crippen LogP contribution in [0.15, 0.2) is 6.20 Å².